The summed E-state index contributed by atoms with van der Waals surface area (Å²) in [5.74, 6) is -1.02. The first kappa shape index (κ1) is 18.5. The van der Waals surface area contributed by atoms with E-state index >= 15 is 0 Å². The second kappa shape index (κ2) is 8.89. The van der Waals surface area contributed by atoms with Crippen LogP contribution in [0.4, 0.5) is 5.69 Å². The fourth-order valence-corrected chi connectivity index (χ4v) is 3.05. The van der Waals surface area contributed by atoms with Gasteiger partial charge in [0.2, 0.25) is 5.91 Å². The Morgan fingerprint density at radius 2 is 1.88 bits per heavy atom. The van der Waals surface area contributed by atoms with E-state index in [1.54, 1.807) is 25.3 Å². The number of carbonyl (C=O) groups excluding carboxylic acids is 1. The first-order valence-electron chi connectivity index (χ1n) is 7.96. The fraction of sp³-hybridized carbons (Fsp3) is 0.529. The third kappa shape index (κ3) is 4.85. The predicted octanol–water partition coefficient (Wildman–Crippen LogP) is 3.19. The van der Waals surface area contributed by atoms with Gasteiger partial charge in [0.1, 0.15) is 6.61 Å². The monoisotopic (exact) mass is 355 g/mol. The highest BCUT2D eigenvalue weighted by Crippen LogP contribution is 2.35. The molecule has 2 rings (SSSR count). The number of hydrogen-bond acceptors (Lipinski definition) is 4. The van der Waals surface area contributed by atoms with E-state index in [9.17, 15) is 9.59 Å². The van der Waals surface area contributed by atoms with E-state index in [-0.39, 0.29) is 17.7 Å². The lowest BCUT2D eigenvalue weighted by atomic mass is 9.81. The molecular weight excluding hydrogens is 334 g/mol. The summed E-state index contributed by atoms with van der Waals surface area (Å²) >= 11 is 6.15. The van der Waals surface area contributed by atoms with Gasteiger partial charge in [-0.2, -0.15) is 0 Å². The zero-order valence-corrected chi connectivity index (χ0v) is 14.3. The van der Waals surface area contributed by atoms with E-state index in [4.69, 9.17) is 26.2 Å². The van der Waals surface area contributed by atoms with Crippen LogP contribution in [0.3, 0.4) is 0 Å². The van der Waals surface area contributed by atoms with E-state index in [2.05, 4.69) is 5.32 Å². The number of carboxylic acid groups (broad SMARTS) is 1. The number of methoxy groups -OCH3 is 1. The maximum Gasteiger partial charge on any atom is 0.306 e. The second-order valence-corrected chi connectivity index (χ2v) is 6.24. The second-order valence-electron chi connectivity index (χ2n) is 5.83. The highest BCUT2D eigenvalue weighted by Gasteiger charge is 2.30. The molecule has 1 aromatic rings. The van der Waals surface area contributed by atoms with Crippen LogP contribution in [0.1, 0.15) is 25.7 Å². The normalized spacial score (nSPS) is 20.4. The average molecular weight is 356 g/mol. The van der Waals surface area contributed by atoms with Crippen molar-refractivity contribution in [2.24, 2.45) is 11.8 Å². The van der Waals surface area contributed by atoms with E-state index in [1.807, 2.05) is 0 Å². The number of para-hydroxylation sites is 1. The van der Waals surface area contributed by atoms with Crippen molar-refractivity contribution < 1.29 is 24.2 Å². The number of benzene rings is 1. The van der Waals surface area contributed by atoms with Crippen LogP contribution in [0.5, 0.6) is 5.75 Å². The Kier molecular flexibility index (Phi) is 6.87. The quantitative estimate of drug-likeness (QED) is 0.734. The Morgan fingerprint density at radius 3 is 2.50 bits per heavy atom. The van der Waals surface area contributed by atoms with Crippen molar-refractivity contribution in [2.75, 3.05) is 25.6 Å². The van der Waals surface area contributed by atoms with E-state index in [0.29, 0.717) is 55.4 Å². The summed E-state index contributed by atoms with van der Waals surface area (Å²) in [6.45, 7) is 0.741. The van der Waals surface area contributed by atoms with Crippen LogP contribution in [0.2, 0.25) is 5.02 Å². The Bertz CT molecular complexity index is 584. The van der Waals surface area contributed by atoms with Gasteiger partial charge < -0.3 is 19.9 Å². The van der Waals surface area contributed by atoms with Crippen LogP contribution in [-0.2, 0) is 14.3 Å². The average Bonchev–Trinajstić information content (AvgIpc) is 2.57. The fourth-order valence-electron chi connectivity index (χ4n) is 2.82. The number of carboxylic acids is 1. The molecule has 0 aromatic heterocycles. The van der Waals surface area contributed by atoms with Gasteiger partial charge in [-0.15, -0.1) is 0 Å². The van der Waals surface area contributed by atoms with E-state index in [0.717, 1.165) is 0 Å². The van der Waals surface area contributed by atoms with Gasteiger partial charge in [-0.05, 0) is 37.8 Å². The van der Waals surface area contributed by atoms with Gasteiger partial charge in [-0.1, -0.05) is 17.7 Å². The zero-order chi connectivity index (χ0) is 17.5. The molecule has 7 heteroatoms. The molecule has 1 saturated carbocycles. The number of aliphatic carboxylic acids is 1. The molecule has 1 amide bonds. The lowest BCUT2D eigenvalue weighted by molar-refractivity contribution is -0.143. The van der Waals surface area contributed by atoms with Crippen molar-refractivity contribution in [3.8, 4) is 5.75 Å². The van der Waals surface area contributed by atoms with Gasteiger partial charge >= 0.3 is 5.97 Å². The number of anilines is 1. The summed E-state index contributed by atoms with van der Waals surface area (Å²) < 4.78 is 10.5. The maximum atomic E-state index is 12.5. The van der Waals surface area contributed by atoms with Crippen molar-refractivity contribution in [3.63, 3.8) is 0 Å². The molecule has 6 nitrogen and oxygen atoms in total. The molecule has 1 aliphatic carbocycles. The summed E-state index contributed by atoms with van der Waals surface area (Å²) in [5, 5.41) is 12.3. The van der Waals surface area contributed by atoms with Gasteiger partial charge in [-0.25, -0.2) is 0 Å². The molecule has 132 valence electrons. The molecule has 0 heterocycles. The maximum absolute atomic E-state index is 12.5. The molecule has 24 heavy (non-hydrogen) atoms. The van der Waals surface area contributed by atoms with Crippen molar-refractivity contribution in [3.05, 3.63) is 23.2 Å². The van der Waals surface area contributed by atoms with Crippen LogP contribution in [0, 0.1) is 11.8 Å². The number of halogens is 1. The number of rotatable bonds is 7. The molecule has 1 aliphatic rings. The Hall–Kier alpha value is -1.79. The first-order valence-corrected chi connectivity index (χ1v) is 8.34. The molecule has 2 N–H and O–H groups in total. The van der Waals surface area contributed by atoms with Crippen LogP contribution >= 0.6 is 11.6 Å². The smallest absolute Gasteiger partial charge is 0.306 e. The highest BCUT2D eigenvalue weighted by atomic mass is 35.5. The minimum absolute atomic E-state index is 0.127. The molecule has 0 radical (unpaired) electrons. The van der Waals surface area contributed by atoms with Gasteiger partial charge in [0.15, 0.2) is 5.75 Å². The SMILES string of the molecule is COCCOc1c(Cl)cccc1NC(=O)C1CCC(C(=O)O)CC1. The van der Waals surface area contributed by atoms with E-state index in [1.165, 1.54) is 0 Å². The van der Waals surface area contributed by atoms with Crippen LogP contribution in [0.15, 0.2) is 18.2 Å². The summed E-state index contributed by atoms with van der Waals surface area (Å²) in [7, 11) is 1.58. The van der Waals surface area contributed by atoms with Gasteiger partial charge in [0.25, 0.3) is 0 Å². The van der Waals surface area contributed by atoms with Crippen LogP contribution < -0.4 is 10.1 Å². The molecule has 0 aliphatic heterocycles. The number of nitrogens with one attached hydrogen (secondary N) is 1. The van der Waals surface area contributed by atoms with Gasteiger partial charge in [-0.3, -0.25) is 9.59 Å². The third-order valence-electron chi connectivity index (χ3n) is 4.21. The van der Waals surface area contributed by atoms with Crippen molar-refractivity contribution in [2.45, 2.75) is 25.7 Å². The topological polar surface area (TPSA) is 84.9 Å². The Balaban J connectivity index is 1.99. The summed E-state index contributed by atoms with van der Waals surface area (Å²) in [5.41, 5.74) is 0.518. The number of amides is 1. The Morgan fingerprint density at radius 1 is 1.21 bits per heavy atom. The van der Waals surface area contributed by atoms with Crippen molar-refractivity contribution in [1.29, 1.82) is 0 Å². The molecule has 0 bridgehead atoms. The number of hydrogen-bond donors (Lipinski definition) is 2. The van der Waals surface area contributed by atoms with Gasteiger partial charge in [0.05, 0.1) is 23.2 Å². The molecule has 1 fully saturated rings. The van der Waals surface area contributed by atoms with Crippen molar-refractivity contribution in [1.82, 2.24) is 0 Å². The molecule has 0 spiro atoms. The minimum Gasteiger partial charge on any atom is -0.487 e. The van der Waals surface area contributed by atoms with Crippen LogP contribution in [0.25, 0.3) is 0 Å². The zero-order valence-electron chi connectivity index (χ0n) is 13.6. The predicted molar refractivity (Wildman–Crippen MR) is 90.5 cm³/mol. The molecule has 1 aromatic carbocycles. The van der Waals surface area contributed by atoms with Crippen LogP contribution in [-0.4, -0.2) is 37.3 Å². The largest absolute Gasteiger partial charge is 0.487 e. The molecule has 0 atom stereocenters. The standard InChI is InChI=1S/C17H22ClNO5/c1-23-9-10-24-15-13(18)3-2-4-14(15)19-16(20)11-5-7-12(8-6-11)17(21)22/h2-4,11-12H,5-10H2,1H3,(H,19,20)(H,21,22). The minimum atomic E-state index is -0.780. The number of ether oxygens (including phenoxy) is 2. The van der Waals surface area contributed by atoms with E-state index < -0.39 is 5.97 Å². The highest BCUT2D eigenvalue weighted by molar-refractivity contribution is 6.32. The Labute approximate surface area is 146 Å². The molecular formula is C17H22ClNO5. The first-order chi connectivity index (χ1) is 11.5. The lowest BCUT2D eigenvalue weighted by Gasteiger charge is -2.25. The number of carbonyl (C=O) groups is 2. The third-order valence-corrected chi connectivity index (χ3v) is 4.50. The molecule has 0 saturated heterocycles. The van der Waals surface area contributed by atoms with Gasteiger partial charge in [0, 0.05) is 13.0 Å². The summed E-state index contributed by atoms with van der Waals surface area (Å²) in [6.07, 6.45) is 2.20. The molecule has 0 unspecified atom stereocenters. The summed E-state index contributed by atoms with van der Waals surface area (Å²) in [4.78, 5) is 23.4. The summed E-state index contributed by atoms with van der Waals surface area (Å²) in [6, 6.07) is 5.16. The lowest BCUT2D eigenvalue weighted by Crippen LogP contribution is -2.29. The van der Waals surface area contributed by atoms with Crippen molar-refractivity contribution >= 4 is 29.2 Å².